The molecule has 0 amide bonds. The molecular weight excluding hydrogens is 196 g/mol. The molecule has 0 atom stereocenters. The molecule has 4 nitrogen and oxygen atoms in total. The van der Waals surface area contributed by atoms with Crippen molar-refractivity contribution in [2.75, 3.05) is 5.75 Å². The lowest BCUT2D eigenvalue weighted by atomic mass is 10.6. The van der Waals surface area contributed by atoms with Gasteiger partial charge in [-0.25, -0.2) is 13.1 Å². The Kier molecular flexibility index (Phi) is 3.19. The van der Waals surface area contributed by atoms with Gasteiger partial charge in [-0.05, 0) is 6.92 Å². The van der Waals surface area contributed by atoms with E-state index in [1.165, 1.54) is 11.3 Å². The minimum atomic E-state index is -3.07. The van der Waals surface area contributed by atoms with Crippen LogP contribution in [0.3, 0.4) is 0 Å². The van der Waals surface area contributed by atoms with Crippen LogP contribution >= 0.6 is 11.3 Å². The molecule has 0 aliphatic carbocycles. The lowest BCUT2D eigenvalue weighted by molar-refractivity contribution is 0.583. The first-order valence-corrected chi connectivity index (χ1v) is 6.02. The highest BCUT2D eigenvalue weighted by molar-refractivity contribution is 7.89. The van der Waals surface area contributed by atoms with Gasteiger partial charge < -0.3 is 0 Å². The Morgan fingerprint density at radius 2 is 2.42 bits per heavy atom. The Hall–Kier alpha value is -0.460. The molecule has 12 heavy (non-hydrogen) atoms. The van der Waals surface area contributed by atoms with Crippen LogP contribution in [0.1, 0.15) is 11.8 Å². The third-order valence-corrected chi connectivity index (χ3v) is 3.45. The van der Waals surface area contributed by atoms with Crippen LogP contribution in [-0.4, -0.2) is 19.2 Å². The molecule has 0 fully saturated rings. The van der Waals surface area contributed by atoms with Gasteiger partial charge in [0.15, 0.2) is 0 Å². The molecule has 0 saturated carbocycles. The summed E-state index contributed by atoms with van der Waals surface area (Å²) < 4.78 is 24.4. The Morgan fingerprint density at radius 1 is 1.67 bits per heavy atom. The topological polar surface area (TPSA) is 59.1 Å². The fourth-order valence-corrected chi connectivity index (χ4v) is 1.82. The van der Waals surface area contributed by atoms with E-state index in [9.17, 15) is 8.42 Å². The van der Waals surface area contributed by atoms with E-state index in [0.29, 0.717) is 6.54 Å². The average Bonchev–Trinajstić information content (AvgIpc) is 2.53. The molecule has 0 aliphatic rings. The van der Waals surface area contributed by atoms with Gasteiger partial charge in [0.05, 0.1) is 11.3 Å². The maximum absolute atomic E-state index is 11.0. The quantitative estimate of drug-likeness (QED) is 0.784. The van der Waals surface area contributed by atoms with Crippen molar-refractivity contribution in [3.63, 3.8) is 0 Å². The molecule has 1 aromatic rings. The highest BCUT2D eigenvalue weighted by Gasteiger charge is 2.05. The zero-order valence-corrected chi connectivity index (χ0v) is 8.28. The summed E-state index contributed by atoms with van der Waals surface area (Å²) in [6.45, 7) is 1.95. The number of thiazole rings is 1. The van der Waals surface area contributed by atoms with Crippen molar-refractivity contribution in [2.45, 2.75) is 13.5 Å². The van der Waals surface area contributed by atoms with Crippen molar-refractivity contribution in [1.82, 2.24) is 9.71 Å². The van der Waals surface area contributed by atoms with Gasteiger partial charge in [-0.2, -0.15) is 0 Å². The summed E-state index contributed by atoms with van der Waals surface area (Å²) in [7, 11) is -3.07. The summed E-state index contributed by atoms with van der Waals surface area (Å²) in [5.74, 6) is 0.117. The summed E-state index contributed by atoms with van der Waals surface area (Å²) in [4.78, 5) is 4.76. The summed E-state index contributed by atoms with van der Waals surface area (Å²) in [5.41, 5.74) is 1.68. The predicted octanol–water partition coefficient (Wildman–Crippen LogP) is 0.582. The zero-order chi connectivity index (χ0) is 9.03. The molecule has 0 spiro atoms. The number of aromatic nitrogens is 1. The minimum absolute atomic E-state index is 0.117. The fourth-order valence-electron chi connectivity index (χ4n) is 0.613. The second-order valence-electron chi connectivity index (χ2n) is 2.19. The van der Waals surface area contributed by atoms with Crippen molar-refractivity contribution < 1.29 is 8.42 Å². The second kappa shape index (κ2) is 3.97. The SMILES string of the molecule is CCS(=O)(=O)NCc1cncs1. The van der Waals surface area contributed by atoms with Gasteiger partial charge in [0.2, 0.25) is 10.0 Å². The first-order valence-electron chi connectivity index (χ1n) is 3.49. The van der Waals surface area contributed by atoms with Crippen LogP contribution in [0.5, 0.6) is 0 Å². The Morgan fingerprint density at radius 3 is 2.92 bits per heavy atom. The molecular formula is C6H10N2O2S2. The Balaban J connectivity index is 2.47. The van der Waals surface area contributed by atoms with Crippen molar-refractivity contribution >= 4 is 21.4 Å². The molecule has 0 radical (unpaired) electrons. The standard InChI is InChI=1S/C6H10N2O2S2/c1-2-12(9,10)8-4-6-3-7-5-11-6/h3,5,8H,2,4H2,1H3. The predicted molar refractivity (Wildman–Crippen MR) is 48.4 cm³/mol. The van der Waals surface area contributed by atoms with Gasteiger partial charge in [0, 0.05) is 17.6 Å². The van der Waals surface area contributed by atoms with Crippen LogP contribution in [0.2, 0.25) is 0 Å². The minimum Gasteiger partial charge on any atom is -0.253 e. The number of hydrogen-bond acceptors (Lipinski definition) is 4. The second-order valence-corrected chi connectivity index (χ2v) is 5.26. The van der Waals surface area contributed by atoms with Crippen LogP contribution in [0.4, 0.5) is 0 Å². The van der Waals surface area contributed by atoms with E-state index in [-0.39, 0.29) is 5.75 Å². The van der Waals surface area contributed by atoms with Crippen molar-refractivity contribution in [2.24, 2.45) is 0 Å². The molecule has 68 valence electrons. The summed E-state index contributed by atoms with van der Waals surface area (Å²) in [5, 5.41) is 0. The fraction of sp³-hybridized carbons (Fsp3) is 0.500. The first-order chi connectivity index (χ1) is 5.64. The van der Waals surface area contributed by atoms with Crippen LogP contribution in [0, 0.1) is 0 Å². The number of nitrogens with zero attached hydrogens (tertiary/aromatic N) is 1. The lowest BCUT2D eigenvalue weighted by Gasteiger charge is -2.00. The molecule has 0 saturated heterocycles. The van der Waals surface area contributed by atoms with E-state index in [2.05, 4.69) is 9.71 Å². The molecule has 1 N–H and O–H groups in total. The summed E-state index contributed by atoms with van der Waals surface area (Å²) in [6, 6.07) is 0. The molecule has 1 rings (SSSR count). The van der Waals surface area contributed by atoms with E-state index in [0.717, 1.165) is 4.88 Å². The van der Waals surface area contributed by atoms with E-state index >= 15 is 0 Å². The van der Waals surface area contributed by atoms with Crippen molar-refractivity contribution in [1.29, 1.82) is 0 Å². The molecule has 0 aliphatic heterocycles. The molecule has 1 heterocycles. The average molecular weight is 206 g/mol. The van der Waals surface area contributed by atoms with Crippen molar-refractivity contribution in [3.05, 3.63) is 16.6 Å². The maximum atomic E-state index is 11.0. The summed E-state index contributed by atoms with van der Waals surface area (Å²) in [6.07, 6.45) is 1.66. The number of sulfonamides is 1. The number of hydrogen-bond donors (Lipinski definition) is 1. The smallest absolute Gasteiger partial charge is 0.211 e. The van der Waals surface area contributed by atoms with Crippen LogP contribution in [0.25, 0.3) is 0 Å². The number of nitrogens with one attached hydrogen (secondary N) is 1. The highest BCUT2D eigenvalue weighted by atomic mass is 32.2. The van der Waals surface area contributed by atoms with E-state index in [1.54, 1.807) is 18.6 Å². The molecule has 0 bridgehead atoms. The van der Waals surface area contributed by atoms with Gasteiger partial charge in [0.25, 0.3) is 0 Å². The van der Waals surface area contributed by atoms with Gasteiger partial charge in [-0.3, -0.25) is 4.98 Å². The maximum Gasteiger partial charge on any atom is 0.211 e. The van der Waals surface area contributed by atoms with E-state index in [4.69, 9.17) is 0 Å². The third-order valence-electron chi connectivity index (χ3n) is 1.33. The molecule has 1 aromatic heterocycles. The van der Waals surface area contributed by atoms with Crippen molar-refractivity contribution in [3.8, 4) is 0 Å². The Bertz CT molecular complexity index is 317. The van der Waals surface area contributed by atoms with Crippen LogP contribution in [-0.2, 0) is 16.6 Å². The van der Waals surface area contributed by atoms with Gasteiger partial charge in [-0.1, -0.05) is 0 Å². The largest absolute Gasteiger partial charge is 0.253 e. The zero-order valence-electron chi connectivity index (χ0n) is 6.65. The van der Waals surface area contributed by atoms with E-state index in [1.807, 2.05) is 0 Å². The van der Waals surface area contributed by atoms with Gasteiger partial charge in [-0.15, -0.1) is 11.3 Å². The van der Waals surface area contributed by atoms with Crippen LogP contribution in [0.15, 0.2) is 11.7 Å². The normalized spacial score (nSPS) is 11.8. The molecule has 6 heteroatoms. The monoisotopic (exact) mass is 206 g/mol. The lowest BCUT2D eigenvalue weighted by Crippen LogP contribution is -2.24. The van der Waals surface area contributed by atoms with Gasteiger partial charge in [0.1, 0.15) is 0 Å². The number of rotatable bonds is 4. The summed E-state index contributed by atoms with van der Waals surface area (Å²) >= 11 is 1.44. The molecule has 0 aromatic carbocycles. The van der Waals surface area contributed by atoms with E-state index < -0.39 is 10.0 Å². The first kappa shape index (κ1) is 9.63. The highest BCUT2D eigenvalue weighted by Crippen LogP contribution is 2.04. The van der Waals surface area contributed by atoms with Crippen LogP contribution < -0.4 is 4.72 Å². The van der Waals surface area contributed by atoms with Gasteiger partial charge >= 0.3 is 0 Å². The Labute approximate surface area is 75.7 Å². The third kappa shape index (κ3) is 2.88. The molecule has 0 unspecified atom stereocenters.